The monoisotopic (exact) mass is 254 g/mol. The maximum Gasteiger partial charge on any atom is 0.106 e. The molecule has 98 valence electrons. The molecular weight excluding hydrogens is 236 g/mol. The van der Waals surface area contributed by atoms with Gasteiger partial charge in [0.05, 0.1) is 22.5 Å². The second-order valence-electron chi connectivity index (χ2n) is 5.54. The van der Waals surface area contributed by atoms with Gasteiger partial charge in [0.15, 0.2) is 0 Å². The van der Waals surface area contributed by atoms with E-state index in [0.29, 0.717) is 0 Å². The summed E-state index contributed by atoms with van der Waals surface area (Å²) in [6.07, 6.45) is 2.07. The van der Waals surface area contributed by atoms with E-state index in [1.54, 1.807) is 0 Å². The van der Waals surface area contributed by atoms with Crippen LogP contribution in [0.4, 0.5) is 0 Å². The van der Waals surface area contributed by atoms with Crippen molar-refractivity contribution in [1.82, 2.24) is 14.9 Å². The van der Waals surface area contributed by atoms with Crippen molar-refractivity contribution < 1.29 is 0 Å². The fourth-order valence-corrected chi connectivity index (χ4v) is 2.40. The van der Waals surface area contributed by atoms with Gasteiger partial charge in [0, 0.05) is 20.1 Å². The van der Waals surface area contributed by atoms with Gasteiger partial charge in [0.2, 0.25) is 0 Å². The first-order chi connectivity index (χ1) is 9.13. The average Bonchev–Trinajstić information content (AvgIpc) is 3.13. The van der Waals surface area contributed by atoms with Crippen LogP contribution in [0.1, 0.15) is 24.2 Å². The summed E-state index contributed by atoms with van der Waals surface area (Å²) in [6, 6.07) is 8.77. The van der Waals surface area contributed by atoms with Crippen LogP contribution >= 0.6 is 0 Å². The van der Waals surface area contributed by atoms with Crippen molar-refractivity contribution in [3.8, 4) is 6.07 Å². The minimum atomic E-state index is -0.0777. The molecule has 3 rings (SSSR count). The van der Waals surface area contributed by atoms with Gasteiger partial charge >= 0.3 is 0 Å². The number of rotatable bonds is 4. The van der Waals surface area contributed by atoms with Gasteiger partial charge in [-0.05, 0) is 37.5 Å². The van der Waals surface area contributed by atoms with E-state index in [2.05, 4.69) is 39.1 Å². The largest absolute Gasteiger partial charge is 0.331 e. The molecule has 0 bridgehead atoms. The van der Waals surface area contributed by atoms with Crippen molar-refractivity contribution in [2.45, 2.75) is 26.3 Å². The number of nitrogens with zero attached hydrogens (tertiary/aromatic N) is 3. The highest BCUT2D eigenvalue weighted by molar-refractivity contribution is 5.76. The van der Waals surface area contributed by atoms with Crippen molar-refractivity contribution in [3.05, 3.63) is 29.6 Å². The number of imidazole rings is 1. The van der Waals surface area contributed by atoms with Crippen LogP contribution in [0.25, 0.3) is 11.0 Å². The number of nitriles is 1. The van der Waals surface area contributed by atoms with E-state index in [1.807, 2.05) is 14.0 Å². The van der Waals surface area contributed by atoms with Crippen molar-refractivity contribution >= 4 is 11.0 Å². The molecule has 4 nitrogen and oxygen atoms in total. The van der Waals surface area contributed by atoms with Crippen LogP contribution in [0.2, 0.25) is 0 Å². The molecular formula is C15H18N4. The van der Waals surface area contributed by atoms with E-state index in [4.69, 9.17) is 5.26 Å². The SMILES string of the molecule is Cc1nc2cc(CNCC3(C#N)CC3)ccc2n1C. The summed E-state index contributed by atoms with van der Waals surface area (Å²) in [4.78, 5) is 4.54. The smallest absolute Gasteiger partial charge is 0.106 e. The highest BCUT2D eigenvalue weighted by Crippen LogP contribution is 2.44. The van der Waals surface area contributed by atoms with E-state index < -0.39 is 0 Å². The summed E-state index contributed by atoms with van der Waals surface area (Å²) in [6.45, 7) is 3.61. The number of aromatic nitrogens is 2. The lowest BCUT2D eigenvalue weighted by atomic mass is 10.1. The zero-order valence-corrected chi connectivity index (χ0v) is 11.4. The lowest BCUT2D eigenvalue weighted by Gasteiger charge is -2.08. The number of benzene rings is 1. The molecule has 0 unspecified atom stereocenters. The lowest BCUT2D eigenvalue weighted by Crippen LogP contribution is -2.22. The van der Waals surface area contributed by atoms with Crippen LogP contribution in [0.15, 0.2) is 18.2 Å². The summed E-state index contributed by atoms with van der Waals surface area (Å²) in [7, 11) is 2.03. The maximum absolute atomic E-state index is 9.03. The van der Waals surface area contributed by atoms with E-state index in [-0.39, 0.29) is 5.41 Å². The molecule has 0 spiro atoms. The first-order valence-corrected chi connectivity index (χ1v) is 6.67. The van der Waals surface area contributed by atoms with E-state index in [9.17, 15) is 0 Å². The van der Waals surface area contributed by atoms with Gasteiger partial charge < -0.3 is 9.88 Å². The van der Waals surface area contributed by atoms with Gasteiger partial charge in [-0.15, -0.1) is 0 Å². The van der Waals surface area contributed by atoms with Gasteiger partial charge in [0.25, 0.3) is 0 Å². The zero-order chi connectivity index (χ0) is 13.5. The molecule has 1 aliphatic rings. The van der Waals surface area contributed by atoms with E-state index in [0.717, 1.165) is 42.8 Å². The molecule has 0 aliphatic heterocycles. The Kier molecular flexibility index (Phi) is 2.79. The van der Waals surface area contributed by atoms with E-state index in [1.165, 1.54) is 5.56 Å². The molecule has 0 atom stereocenters. The lowest BCUT2D eigenvalue weighted by molar-refractivity contribution is 0.558. The predicted octanol–water partition coefficient (Wildman–Crippen LogP) is 2.28. The first-order valence-electron chi connectivity index (χ1n) is 6.67. The Bertz CT molecular complexity index is 659. The Morgan fingerprint density at radius 1 is 1.47 bits per heavy atom. The van der Waals surface area contributed by atoms with Crippen molar-refractivity contribution in [1.29, 1.82) is 5.26 Å². The van der Waals surface area contributed by atoms with Gasteiger partial charge in [0.1, 0.15) is 5.82 Å². The Morgan fingerprint density at radius 2 is 2.26 bits per heavy atom. The molecule has 0 saturated heterocycles. The minimum Gasteiger partial charge on any atom is -0.331 e. The third-order valence-electron chi connectivity index (χ3n) is 4.05. The second kappa shape index (κ2) is 4.36. The Labute approximate surface area is 113 Å². The molecule has 1 N–H and O–H groups in total. The van der Waals surface area contributed by atoms with Crippen LogP contribution in [-0.2, 0) is 13.6 Å². The Hall–Kier alpha value is -1.86. The summed E-state index contributed by atoms with van der Waals surface area (Å²) >= 11 is 0. The standard InChI is InChI=1S/C15H18N4/c1-11-18-13-7-12(3-4-14(13)19(11)2)8-17-10-15(9-16)5-6-15/h3-4,7,17H,5-6,8,10H2,1-2H3. The van der Waals surface area contributed by atoms with Gasteiger partial charge in [-0.25, -0.2) is 4.98 Å². The molecule has 1 aliphatic carbocycles. The van der Waals surface area contributed by atoms with Crippen LogP contribution in [0.3, 0.4) is 0 Å². The molecule has 1 aromatic carbocycles. The number of fused-ring (bicyclic) bond motifs is 1. The first kappa shape index (κ1) is 12.2. The summed E-state index contributed by atoms with van der Waals surface area (Å²) in [5.41, 5.74) is 3.35. The van der Waals surface area contributed by atoms with Crippen LogP contribution in [-0.4, -0.2) is 16.1 Å². The highest BCUT2D eigenvalue weighted by atomic mass is 15.0. The summed E-state index contributed by atoms with van der Waals surface area (Å²) < 4.78 is 2.10. The van der Waals surface area contributed by atoms with Gasteiger partial charge in [-0.2, -0.15) is 5.26 Å². The number of hydrogen-bond acceptors (Lipinski definition) is 3. The van der Waals surface area contributed by atoms with Crippen molar-refractivity contribution in [2.24, 2.45) is 12.5 Å². The molecule has 1 saturated carbocycles. The molecule has 2 aromatic rings. The number of nitrogens with one attached hydrogen (secondary N) is 1. The molecule has 1 heterocycles. The maximum atomic E-state index is 9.03. The molecule has 1 aromatic heterocycles. The highest BCUT2D eigenvalue weighted by Gasteiger charge is 2.42. The quantitative estimate of drug-likeness (QED) is 0.910. The fourth-order valence-electron chi connectivity index (χ4n) is 2.40. The number of aryl methyl sites for hydroxylation is 2. The van der Waals surface area contributed by atoms with Crippen LogP contribution in [0.5, 0.6) is 0 Å². The molecule has 1 fully saturated rings. The van der Waals surface area contributed by atoms with Gasteiger partial charge in [-0.1, -0.05) is 6.07 Å². The van der Waals surface area contributed by atoms with Gasteiger partial charge in [-0.3, -0.25) is 0 Å². The van der Waals surface area contributed by atoms with E-state index >= 15 is 0 Å². The minimum absolute atomic E-state index is 0.0777. The van der Waals surface area contributed by atoms with Crippen molar-refractivity contribution in [2.75, 3.05) is 6.54 Å². The molecule has 0 radical (unpaired) electrons. The normalized spacial score (nSPS) is 16.5. The third kappa shape index (κ3) is 2.22. The molecule has 19 heavy (non-hydrogen) atoms. The van der Waals surface area contributed by atoms with Crippen LogP contribution < -0.4 is 5.32 Å². The topological polar surface area (TPSA) is 53.6 Å². The fraction of sp³-hybridized carbons (Fsp3) is 0.467. The Balaban J connectivity index is 1.70. The third-order valence-corrected chi connectivity index (χ3v) is 4.05. The second-order valence-corrected chi connectivity index (χ2v) is 5.54. The number of hydrogen-bond donors (Lipinski definition) is 1. The molecule has 0 amide bonds. The zero-order valence-electron chi connectivity index (χ0n) is 11.4. The molecule has 4 heteroatoms. The average molecular weight is 254 g/mol. The Morgan fingerprint density at radius 3 is 2.95 bits per heavy atom. The van der Waals surface area contributed by atoms with Crippen LogP contribution in [0, 0.1) is 23.7 Å². The summed E-state index contributed by atoms with van der Waals surface area (Å²) in [5, 5.41) is 12.4. The summed E-state index contributed by atoms with van der Waals surface area (Å²) in [5.74, 6) is 1.03. The predicted molar refractivity (Wildman–Crippen MR) is 74.4 cm³/mol. The van der Waals surface area contributed by atoms with Crippen molar-refractivity contribution in [3.63, 3.8) is 0 Å².